The fraction of sp³-hybridized carbons (Fsp3) is 0.429. The number of hydrogen-bond acceptors (Lipinski definition) is 3. The number of ether oxygens (including phenoxy) is 1. The molecule has 0 saturated carbocycles. The highest BCUT2D eigenvalue weighted by molar-refractivity contribution is 5.92. The van der Waals surface area contributed by atoms with Gasteiger partial charge in [0.2, 0.25) is 0 Å². The fourth-order valence-corrected chi connectivity index (χ4v) is 2.15. The van der Waals surface area contributed by atoms with Crippen LogP contribution in [0.15, 0.2) is 18.2 Å². The Morgan fingerprint density at radius 1 is 1.41 bits per heavy atom. The molecule has 1 fully saturated rings. The molecule has 1 aliphatic rings. The van der Waals surface area contributed by atoms with Gasteiger partial charge in [-0.3, -0.25) is 0 Å². The first-order valence-electron chi connectivity index (χ1n) is 6.87. The minimum atomic E-state index is -0.880. The minimum absolute atomic E-state index is 0.0706. The number of primary amides is 1. The van der Waals surface area contributed by atoms with Crippen LogP contribution in [0.3, 0.4) is 0 Å². The van der Waals surface area contributed by atoms with Gasteiger partial charge in [-0.1, -0.05) is 6.92 Å². The maximum atomic E-state index is 13.5. The molecule has 5 N–H and O–H groups in total. The normalized spacial score (nSPS) is 20.5. The van der Waals surface area contributed by atoms with Crippen molar-refractivity contribution in [2.75, 3.05) is 30.4 Å². The summed E-state index contributed by atoms with van der Waals surface area (Å²) in [6.45, 7) is 3.82. The summed E-state index contributed by atoms with van der Waals surface area (Å²) in [5, 5.41) is 7.47. The highest BCUT2D eigenvalue weighted by Gasteiger charge is 2.29. The lowest BCUT2D eigenvalue weighted by Crippen LogP contribution is -2.38. The SMILES string of the molecule is CC1(CNC(=O)Nc2ccc(F)c(NC(N)=O)c2)CCOC1. The largest absolute Gasteiger partial charge is 0.381 e. The van der Waals surface area contributed by atoms with Gasteiger partial charge in [-0.15, -0.1) is 0 Å². The van der Waals surface area contributed by atoms with Crippen LogP contribution in [0.2, 0.25) is 0 Å². The lowest BCUT2D eigenvalue weighted by molar-refractivity contribution is 0.159. The van der Waals surface area contributed by atoms with Crippen molar-refractivity contribution in [2.45, 2.75) is 13.3 Å². The van der Waals surface area contributed by atoms with Crippen LogP contribution < -0.4 is 21.7 Å². The molecule has 1 aliphatic heterocycles. The van der Waals surface area contributed by atoms with Gasteiger partial charge in [0.25, 0.3) is 0 Å². The van der Waals surface area contributed by atoms with Gasteiger partial charge in [-0.05, 0) is 24.6 Å². The molecule has 120 valence electrons. The van der Waals surface area contributed by atoms with Gasteiger partial charge in [-0.25, -0.2) is 14.0 Å². The molecule has 1 unspecified atom stereocenters. The molecule has 8 heteroatoms. The summed E-state index contributed by atoms with van der Waals surface area (Å²) >= 11 is 0. The number of amides is 4. The van der Waals surface area contributed by atoms with Crippen LogP contribution in [0.4, 0.5) is 25.4 Å². The van der Waals surface area contributed by atoms with E-state index in [4.69, 9.17) is 10.5 Å². The molecule has 0 bridgehead atoms. The minimum Gasteiger partial charge on any atom is -0.381 e. The van der Waals surface area contributed by atoms with Crippen molar-refractivity contribution in [3.8, 4) is 0 Å². The van der Waals surface area contributed by atoms with Crippen molar-refractivity contribution in [3.05, 3.63) is 24.0 Å². The Balaban J connectivity index is 1.92. The van der Waals surface area contributed by atoms with Gasteiger partial charge < -0.3 is 26.4 Å². The average Bonchev–Trinajstić information content (AvgIpc) is 2.87. The summed E-state index contributed by atoms with van der Waals surface area (Å²) in [5.74, 6) is -0.639. The predicted octanol–water partition coefficient (Wildman–Crippen LogP) is 1.86. The third-order valence-electron chi connectivity index (χ3n) is 3.46. The lowest BCUT2D eigenvalue weighted by atomic mass is 9.90. The highest BCUT2D eigenvalue weighted by Crippen LogP contribution is 2.26. The number of carbonyl (C=O) groups excluding carboxylic acids is 2. The highest BCUT2D eigenvalue weighted by atomic mass is 19.1. The molecule has 0 radical (unpaired) electrons. The van der Waals surface area contributed by atoms with Crippen LogP contribution in [-0.4, -0.2) is 31.8 Å². The van der Waals surface area contributed by atoms with E-state index in [1.54, 1.807) is 0 Å². The molecular formula is C14H19FN4O3. The summed E-state index contributed by atoms with van der Waals surface area (Å²) in [6, 6.07) is 2.52. The second-order valence-corrected chi connectivity index (χ2v) is 5.60. The second-order valence-electron chi connectivity index (χ2n) is 5.60. The lowest BCUT2D eigenvalue weighted by Gasteiger charge is -2.22. The number of rotatable bonds is 4. The third kappa shape index (κ3) is 4.32. The number of benzene rings is 1. The number of halogens is 1. The molecule has 7 nitrogen and oxygen atoms in total. The molecule has 1 heterocycles. The van der Waals surface area contributed by atoms with Crippen LogP contribution in [0.25, 0.3) is 0 Å². The van der Waals surface area contributed by atoms with E-state index in [0.29, 0.717) is 25.4 Å². The first-order chi connectivity index (χ1) is 10.4. The van der Waals surface area contributed by atoms with E-state index in [-0.39, 0.29) is 11.1 Å². The van der Waals surface area contributed by atoms with E-state index in [2.05, 4.69) is 16.0 Å². The number of nitrogens with one attached hydrogen (secondary N) is 3. The maximum Gasteiger partial charge on any atom is 0.319 e. The molecule has 0 aliphatic carbocycles. The Morgan fingerprint density at radius 3 is 2.82 bits per heavy atom. The van der Waals surface area contributed by atoms with Gasteiger partial charge in [0, 0.05) is 24.3 Å². The van der Waals surface area contributed by atoms with Crippen LogP contribution in [-0.2, 0) is 4.74 Å². The van der Waals surface area contributed by atoms with Gasteiger partial charge >= 0.3 is 12.1 Å². The molecule has 0 aromatic heterocycles. The van der Waals surface area contributed by atoms with Crippen molar-refractivity contribution < 1.29 is 18.7 Å². The number of hydrogen-bond donors (Lipinski definition) is 4. The van der Waals surface area contributed by atoms with Crippen LogP contribution in [0.1, 0.15) is 13.3 Å². The van der Waals surface area contributed by atoms with Crippen molar-refractivity contribution in [1.29, 1.82) is 0 Å². The summed E-state index contributed by atoms with van der Waals surface area (Å²) in [7, 11) is 0. The molecule has 1 aromatic rings. The standard InChI is InChI=1S/C14H19FN4O3/c1-14(4-5-22-8-14)7-17-13(21)18-9-2-3-10(15)11(6-9)19-12(16)20/h2-3,6H,4-5,7-8H2,1H3,(H3,16,19,20)(H2,17,18,21). The Kier molecular flexibility index (Phi) is 4.81. The zero-order valence-electron chi connectivity index (χ0n) is 12.2. The zero-order chi connectivity index (χ0) is 16.2. The predicted molar refractivity (Wildman–Crippen MR) is 80.2 cm³/mol. The number of anilines is 2. The zero-order valence-corrected chi connectivity index (χ0v) is 12.2. The fourth-order valence-electron chi connectivity index (χ4n) is 2.15. The van der Waals surface area contributed by atoms with Crippen LogP contribution in [0.5, 0.6) is 0 Å². The van der Waals surface area contributed by atoms with Gasteiger partial charge in [0.1, 0.15) is 5.82 Å². The Labute approximate surface area is 127 Å². The van der Waals surface area contributed by atoms with Crippen LogP contribution >= 0.6 is 0 Å². The molecule has 4 amide bonds. The summed E-state index contributed by atoms with van der Waals surface area (Å²) < 4.78 is 18.8. The van der Waals surface area contributed by atoms with Crippen molar-refractivity contribution in [1.82, 2.24) is 5.32 Å². The van der Waals surface area contributed by atoms with E-state index < -0.39 is 17.9 Å². The molecule has 1 aromatic carbocycles. The number of urea groups is 2. The topological polar surface area (TPSA) is 105 Å². The van der Waals surface area contributed by atoms with Crippen molar-refractivity contribution in [2.24, 2.45) is 11.1 Å². The summed E-state index contributed by atoms with van der Waals surface area (Å²) in [4.78, 5) is 22.6. The van der Waals surface area contributed by atoms with Crippen LogP contribution in [0, 0.1) is 11.2 Å². The summed E-state index contributed by atoms with van der Waals surface area (Å²) in [5.41, 5.74) is 5.13. The third-order valence-corrected chi connectivity index (χ3v) is 3.46. The maximum absolute atomic E-state index is 13.5. The first kappa shape index (κ1) is 16.0. The second kappa shape index (κ2) is 6.61. The van der Waals surface area contributed by atoms with E-state index in [0.717, 1.165) is 12.5 Å². The average molecular weight is 310 g/mol. The monoisotopic (exact) mass is 310 g/mol. The number of carbonyl (C=O) groups is 2. The van der Waals surface area contributed by atoms with E-state index in [1.165, 1.54) is 12.1 Å². The first-order valence-corrected chi connectivity index (χ1v) is 6.87. The Bertz CT molecular complexity index is 573. The molecule has 0 spiro atoms. The molecule has 22 heavy (non-hydrogen) atoms. The summed E-state index contributed by atoms with van der Waals surface area (Å²) in [6.07, 6.45) is 0.885. The Hall–Kier alpha value is -2.35. The van der Waals surface area contributed by atoms with E-state index >= 15 is 0 Å². The van der Waals surface area contributed by atoms with Gasteiger partial charge in [0.05, 0.1) is 12.3 Å². The van der Waals surface area contributed by atoms with E-state index in [1.807, 2.05) is 6.92 Å². The Morgan fingerprint density at radius 2 is 2.18 bits per heavy atom. The quantitative estimate of drug-likeness (QED) is 0.682. The molecule has 1 saturated heterocycles. The molecule has 1 atom stereocenters. The van der Waals surface area contributed by atoms with Crippen molar-refractivity contribution >= 4 is 23.4 Å². The molecule has 2 rings (SSSR count). The molecular weight excluding hydrogens is 291 g/mol. The van der Waals surface area contributed by atoms with Gasteiger partial charge in [-0.2, -0.15) is 0 Å². The van der Waals surface area contributed by atoms with E-state index in [9.17, 15) is 14.0 Å². The smallest absolute Gasteiger partial charge is 0.319 e. The van der Waals surface area contributed by atoms with Crippen molar-refractivity contribution in [3.63, 3.8) is 0 Å². The van der Waals surface area contributed by atoms with Gasteiger partial charge in [0.15, 0.2) is 0 Å². The number of nitrogens with two attached hydrogens (primary N) is 1.